The van der Waals surface area contributed by atoms with Gasteiger partial charge in [-0.3, -0.25) is 9.69 Å². The average Bonchev–Trinajstić information content (AvgIpc) is 2.66. The highest BCUT2D eigenvalue weighted by Gasteiger charge is 2.27. The van der Waals surface area contributed by atoms with E-state index in [9.17, 15) is 18.8 Å². The minimum atomic E-state index is -0.482. The Labute approximate surface area is 151 Å². The first kappa shape index (κ1) is 18.0. The maximum absolute atomic E-state index is 13.7. The molecule has 0 spiro atoms. The third-order valence-electron chi connectivity index (χ3n) is 4.69. The molecule has 1 amide bonds. The highest BCUT2D eigenvalue weighted by molar-refractivity contribution is 5.94. The molecule has 0 saturated carbocycles. The Morgan fingerprint density at radius 1 is 1.08 bits per heavy atom. The van der Waals surface area contributed by atoms with E-state index in [2.05, 4.69) is 6.07 Å². The lowest BCUT2D eigenvalue weighted by atomic mass is 10.1. The van der Waals surface area contributed by atoms with Crippen LogP contribution in [0.3, 0.4) is 0 Å². The van der Waals surface area contributed by atoms with Crippen LogP contribution in [0, 0.1) is 29.9 Å². The molecule has 6 heteroatoms. The zero-order valence-electron chi connectivity index (χ0n) is 14.5. The van der Waals surface area contributed by atoms with Gasteiger partial charge in [-0.25, -0.2) is 8.78 Å². The van der Waals surface area contributed by atoms with Gasteiger partial charge >= 0.3 is 0 Å². The number of carbonyl (C=O) groups excluding carboxylic acids is 1. The Balaban J connectivity index is 1.66. The van der Waals surface area contributed by atoms with Gasteiger partial charge in [-0.1, -0.05) is 18.2 Å². The molecule has 0 unspecified atom stereocenters. The summed E-state index contributed by atoms with van der Waals surface area (Å²) < 4.78 is 26.8. The first-order valence-corrected chi connectivity index (χ1v) is 8.44. The normalized spacial score (nSPS) is 16.2. The van der Waals surface area contributed by atoms with Crippen LogP contribution >= 0.6 is 0 Å². The van der Waals surface area contributed by atoms with Gasteiger partial charge in [0.1, 0.15) is 17.7 Å². The predicted octanol–water partition coefficient (Wildman–Crippen LogP) is 3.30. The number of piperazine rings is 1. The summed E-state index contributed by atoms with van der Waals surface area (Å²) in [6.45, 7) is 3.60. The predicted molar refractivity (Wildman–Crippen MR) is 93.4 cm³/mol. The first-order valence-electron chi connectivity index (χ1n) is 8.44. The largest absolute Gasteiger partial charge is 0.336 e. The summed E-state index contributed by atoms with van der Waals surface area (Å²) in [6, 6.07) is 12.1. The number of hydrogen-bond acceptors (Lipinski definition) is 3. The fourth-order valence-electron chi connectivity index (χ4n) is 3.10. The number of halogens is 2. The third kappa shape index (κ3) is 3.73. The van der Waals surface area contributed by atoms with Crippen molar-refractivity contribution in [3.8, 4) is 6.07 Å². The molecular formula is C20H19F2N3O. The van der Waals surface area contributed by atoms with Crippen molar-refractivity contribution >= 4 is 5.91 Å². The molecule has 0 N–H and O–H groups in total. The Hall–Kier alpha value is -2.78. The molecular weight excluding hydrogens is 336 g/mol. The van der Waals surface area contributed by atoms with E-state index in [4.69, 9.17) is 0 Å². The molecule has 26 heavy (non-hydrogen) atoms. The van der Waals surface area contributed by atoms with Crippen molar-refractivity contribution in [3.05, 3.63) is 70.8 Å². The molecule has 0 bridgehead atoms. The minimum absolute atomic E-state index is 0.209. The van der Waals surface area contributed by atoms with E-state index in [1.807, 2.05) is 4.90 Å². The maximum atomic E-state index is 13.7. The van der Waals surface area contributed by atoms with Crippen LogP contribution in [0.5, 0.6) is 0 Å². The van der Waals surface area contributed by atoms with E-state index in [1.54, 1.807) is 36.1 Å². The van der Waals surface area contributed by atoms with Crippen LogP contribution in [0.15, 0.2) is 42.5 Å². The molecule has 0 radical (unpaired) electrons. The fourth-order valence-corrected chi connectivity index (χ4v) is 3.10. The topological polar surface area (TPSA) is 47.3 Å². The second kappa shape index (κ2) is 7.63. The molecule has 1 aliphatic rings. The first-order chi connectivity index (χ1) is 12.5. The van der Waals surface area contributed by atoms with Crippen LogP contribution in [0.25, 0.3) is 0 Å². The smallest absolute Gasteiger partial charge is 0.254 e. The molecule has 0 aromatic heterocycles. The minimum Gasteiger partial charge on any atom is -0.336 e. The van der Waals surface area contributed by atoms with E-state index >= 15 is 0 Å². The van der Waals surface area contributed by atoms with Gasteiger partial charge in [-0.05, 0) is 42.3 Å². The van der Waals surface area contributed by atoms with Crippen LogP contribution in [-0.4, -0.2) is 41.9 Å². The number of carbonyl (C=O) groups is 1. The number of amides is 1. The molecule has 4 nitrogen and oxygen atoms in total. The summed E-state index contributed by atoms with van der Waals surface area (Å²) in [5, 5.41) is 9.50. The van der Waals surface area contributed by atoms with Gasteiger partial charge in [0.15, 0.2) is 0 Å². The summed E-state index contributed by atoms with van der Waals surface area (Å²) in [4.78, 5) is 16.2. The van der Waals surface area contributed by atoms with Crippen molar-refractivity contribution in [1.82, 2.24) is 9.80 Å². The molecule has 1 atom stereocenters. The van der Waals surface area contributed by atoms with Gasteiger partial charge in [0, 0.05) is 31.7 Å². The van der Waals surface area contributed by atoms with E-state index in [-0.39, 0.29) is 11.7 Å². The second-order valence-corrected chi connectivity index (χ2v) is 6.38. The zero-order valence-corrected chi connectivity index (χ0v) is 14.5. The van der Waals surface area contributed by atoms with Crippen molar-refractivity contribution in [2.24, 2.45) is 0 Å². The van der Waals surface area contributed by atoms with E-state index in [0.717, 1.165) is 5.56 Å². The average molecular weight is 355 g/mol. The van der Waals surface area contributed by atoms with Crippen LogP contribution in [0.2, 0.25) is 0 Å². The van der Waals surface area contributed by atoms with Gasteiger partial charge in [0.2, 0.25) is 0 Å². The van der Waals surface area contributed by atoms with E-state index in [1.165, 1.54) is 18.2 Å². The van der Waals surface area contributed by atoms with Gasteiger partial charge in [-0.15, -0.1) is 0 Å². The van der Waals surface area contributed by atoms with Gasteiger partial charge in [0.25, 0.3) is 5.91 Å². The lowest BCUT2D eigenvalue weighted by Gasteiger charge is -2.37. The van der Waals surface area contributed by atoms with Crippen LogP contribution in [-0.2, 0) is 0 Å². The lowest BCUT2D eigenvalue weighted by Crippen LogP contribution is -2.49. The number of hydrogen-bond donors (Lipinski definition) is 0. The molecule has 2 aromatic carbocycles. The quantitative estimate of drug-likeness (QED) is 0.849. The van der Waals surface area contributed by atoms with Gasteiger partial charge in [0.05, 0.1) is 6.07 Å². The molecule has 1 aliphatic heterocycles. The number of nitrogens with zero attached hydrogens (tertiary/aromatic N) is 3. The Bertz CT molecular complexity index is 837. The lowest BCUT2D eigenvalue weighted by molar-refractivity contribution is 0.0606. The Morgan fingerprint density at radius 3 is 2.31 bits per heavy atom. The van der Waals surface area contributed by atoms with E-state index in [0.29, 0.717) is 37.3 Å². The summed E-state index contributed by atoms with van der Waals surface area (Å²) in [5.41, 5.74) is 1.56. The molecule has 1 heterocycles. The highest BCUT2D eigenvalue weighted by atomic mass is 19.1. The second-order valence-electron chi connectivity index (χ2n) is 6.38. The van der Waals surface area contributed by atoms with Crippen molar-refractivity contribution in [2.75, 3.05) is 26.2 Å². The van der Waals surface area contributed by atoms with Crippen LogP contribution in [0.1, 0.15) is 27.5 Å². The maximum Gasteiger partial charge on any atom is 0.254 e. The summed E-state index contributed by atoms with van der Waals surface area (Å²) in [5.74, 6) is -0.944. The van der Waals surface area contributed by atoms with Crippen LogP contribution < -0.4 is 0 Å². The highest BCUT2D eigenvalue weighted by Crippen LogP contribution is 2.22. The molecule has 1 saturated heterocycles. The Morgan fingerprint density at radius 2 is 1.73 bits per heavy atom. The monoisotopic (exact) mass is 355 g/mol. The van der Waals surface area contributed by atoms with Crippen molar-refractivity contribution < 1.29 is 13.6 Å². The SMILES string of the molecule is Cc1ccc(C(=O)N2CCN([C@@H](C#N)c3ccc(F)cc3)CC2)cc1F. The summed E-state index contributed by atoms with van der Waals surface area (Å²) >= 11 is 0. The fraction of sp³-hybridized carbons (Fsp3) is 0.300. The summed E-state index contributed by atoms with van der Waals surface area (Å²) in [6.07, 6.45) is 0. The van der Waals surface area contributed by atoms with Crippen molar-refractivity contribution in [2.45, 2.75) is 13.0 Å². The molecule has 1 fully saturated rings. The number of benzene rings is 2. The van der Waals surface area contributed by atoms with Crippen LogP contribution in [0.4, 0.5) is 8.78 Å². The van der Waals surface area contributed by atoms with Crippen molar-refractivity contribution in [3.63, 3.8) is 0 Å². The number of aryl methyl sites for hydroxylation is 1. The molecule has 134 valence electrons. The summed E-state index contributed by atoms with van der Waals surface area (Å²) in [7, 11) is 0. The molecule has 3 rings (SSSR count). The molecule has 2 aromatic rings. The zero-order chi connectivity index (χ0) is 18.7. The van der Waals surface area contributed by atoms with Gasteiger partial charge < -0.3 is 4.90 Å². The van der Waals surface area contributed by atoms with E-state index < -0.39 is 11.9 Å². The third-order valence-corrected chi connectivity index (χ3v) is 4.69. The standard InChI is InChI=1S/C20H19F2N3O/c1-14-2-3-16(12-18(14)22)20(26)25-10-8-24(9-11-25)19(13-23)15-4-6-17(21)7-5-15/h2-7,12,19H,8-11H2,1H3/t19-/m0/s1. The number of rotatable bonds is 3. The van der Waals surface area contributed by atoms with Gasteiger partial charge in [-0.2, -0.15) is 5.26 Å². The van der Waals surface area contributed by atoms with Crippen molar-refractivity contribution in [1.29, 1.82) is 5.26 Å². The number of nitriles is 1. The molecule has 0 aliphatic carbocycles. The Kier molecular flexibility index (Phi) is 5.29.